The van der Waals surface area contributed by atoms with Crippen molar-refractivity contribution in [2.24, 2.45) is 5.92 Å². The van der Waals surface area contributed by atoms with Gasteiger partial charge in [0.25, 0.3) is 0 Å². The summed E-state index contributed by atoms with van der Waals surface area (Å²) in [4.78, 5) is 0.276. The number of hydrogen-bond donors (Lipinski definition) is 1. The maximum absolute atomic E-state index is 12.4. The predicted molar refractivity (Wildman–Crippen MR) is 73.3 cm³/mol. The van der Waals surface area contributed by atoms with Gasteiger partial charge in [-0.25, -0.2) is 8.42 Å². The fraction of sp³-hybridized carbons (Fsp3) is 0.750. The van der Waals surface area contributed by atoms with Crippen molar-refractivity contribution >= 4 is 10.0 Å². The molecule has 1 atom stereocenters. The van der Waals surface area contributed by atoms with Crippen LogP contribution in [-0.2, 0) is 16.6 Å². The lowest BCUT2D eigenvalue weighted by atomic mass is 10.2. The molecule has 1 aliphatic carbocycles. The third kappa shape index (κ3) is 3.16. The summed E-state index contributed by atoms with van der Waals surface area (Å²) in [6.07, 6.45) is 5.29. The number of nitrogens with one attached hydrogen (secondary N) is 1. The second-order valence-electron chi connectivity index (χ2n) is 5.14. The van der Waals surface area contributed by atoms with E-state index in [4.69, 9.17) is 0 Å². The van der Waals surface area contributed by atoms with E-state index in [1.54, 1.807) is 17.9 Å². The summed E-state index contributed by atoms with van der Waals surface area (Å²) in [5.41, 5.74) is 0. The molecular weight excluding hydrogens is 264 g/mol. The molecule has 0 spiro atoms. The number of sulfonamides is 1. The standard InChI is InChI=1S/C12H22N4O2S/c1-10(11-4-5-11)15(3)19(17,18)12-8-14-16(9-12)7-6-13-2/h8-11,13H,4-7H2,1-3H3. The van der Waals surface area contributed by atoms with Crippen LogP contribution in [0.1, 0.15) is 19.8 Å². The average Bonchev–Trinajstić information content (AvgIpc) is 3.12. The molecule has 0 aromatic carbocycles. The Morgan fingerprint density at radius 2 is 2.26 bits per heavy atom. The Morgan fingerprint density at radius 3 is 2.84 bits per heavy atom. The van der Waals surface area contributed by atoms with Crippen molar-refractivity contribution in [2.45, 2.75) is 37.2 Å². The minimum absolute atomic E-state index is 0.0608. The van der Waals surface area contributed by atoms with Crippen LogP contribution in [0.4, 0.5) is 0 Å². The highest BCUT2D eigenvalue weighted by Crippen LogP contribution is 2.36. The average molecular weight is 286 g/mol. The minimum atomic E-state index is -3.42. The molecule has 1 fully saturated rings. The van der Waals surface area contributed by atoms with Gasteiger partial charge in [-0.2, -0.15) is 9.40 Å². The Balaban J connectivity index is 2.11. The summed E-state index contributed by atoms with van der Waals surface area (Å²) >= 11 is 0. The molecule has 0 amide bonds. The zero-order valence-corrected chi connectivity index (χ0v) is 12.5. The van der Waals surface area contributed by atoms with E-state index >= 15 is 0 Å². The maximum Gasteiger partial charge on any atom is 0.246 e. The van der Waals surface area contributed by atoms with Gasteiger partial charge in [-0.3, -0.25) is 4.68 Å². The molecule has 1 unspecified atom stereocenters. The quantitative estimate of drug-likeness (QED) is 0.793. The number of aromatic nitrogens is 2. The van der Waals surface area contributed by atoms with E-state index in [2.05, 4.69) is 10.4 Å². The van der Waals surface area contributed by atoms with Gasteiger partial charge >= 0.3 is 0 Å². The van der Waals surface area contributed by atoms with Crippen LogP contribution < -0.4 is 5.32 Å². The van der Waals surface area contributed by atoms with Crippen LogP contribution in [0.15, 0.2) is 17.3 Å². The largest absolute Gasteiger partial charge is 0.318 e. The van der Waals surface area contributed by atoms with Crippen molar-refractivity contribution < 1.29 is 8.42 Å². The molecule has 2 rings (SSSR count). The third-order valence-corrected chi connectivity index (χ3v) is 5.65. The van der Waals surface area contributed by atoms with Crippen LogP contribution in [0, 0.1) is 5.92 Å². The molecule has 6 nitrogen and oxygen atoms in total. The molecule has 0 saturated heterocycles. The van der Waals surface area contributed by atoms with E-state index in [1.807, 2.05) is 14.0 Å². The lowest BCUT2D eigenvalue weighted by Crippen LogP contribution is -2.36. The van der Waals surface area contributed by atoms with E-state index in [1.165, 1.54) is 10.5 Å². The Morgan fingerprint density at radius 1 is 1.58 bits per heavy atom. The number of likely N-dealkylation sites (N-methyl/N-ethyl adjacent to an activating group) is 1. The fourth-order valence-electron chi connectivity index (χ4n) is 2.09. The number of rotatable bonds is 7. The van der Waals surface area contributed by atoms with E-state index < -0.39 is 10.0 Å². The normalized spacial score (nSPS) is 17.9. The van der Waals surface area contributed by atoms with Crippen LogP contribution >= 0.6 is 0 Å². The molecule has 19 heavy (non-hydrogen) atoms. The predicted octanol–water partition coefficient (Wildman–Crippen LogP) is 0.521. The first kappa shape index (κ1) is 14.5. The molecular formula is C12H22N4O2S. The van der Waals surface area contributed by atoms with Gasteiger partial charge in [-0.1, -0.05) is 0 Å². The monoisotopic (exact) mass is 286 g/mol. The Labute approximate surface area is 114 Å². The molecule has 7 heteroatoms. The molecule has 108 valence electrons. The Kier molecular flexibility index (Phi) is 4.27. The molecule has 0 radical (unpaired) electrons. The molecule has 1 heterocycles. The van der Waals surface area contributed by atoms with Crippen LogP contribution in [-0.4, -0.2) is 49.2 Å². The van der Waals surface area contributed by atoms with Gasteiger partial charge in [-0.05, 0) is 32.7 Å². The smallest absolute Gasteiger partial charge is 0.246 e. The Hall–Kier alpha value is -0.920. The van der Waals surface area contributed by atoms with Crippen molar-refractivity contribution in [3.63, 3.8) is 0 Å². The molecule has 0 bridgehead atoms. The first-order valence-corrected chi connectivity index (χ1v) is 8.06. The van der Waals surface area contributed by atoms with Crippen molar-refractivity contribution in [2.75, 3.05) is 20.6 Å². The first-order chi connectivity index (χ1) is 8.96. The summed E-state index contributed by atoms with van der Waals surface area (Å²) in [6.45, 7) is 3.39. The van der Waals surface area contributed by atoms with Gasteiger partial charge < -0.3 is 5.32 Å². The SMILES string of the molecule is CNCCn1cc(S(=O)(=O)N(C)C(C)C2CC2)cn1. The zero-order valence-electron chi connectivity index (χ0n) is 11.7. The topological polar surface area (TPSA) is 67.2 Å². The number of nitrogens with zero attached hydrogens (tertiary/aromatic N) is 3. The van der Waals surface area contributed by atoms with Gasteiger partial charge in [-0.15, -0.1) is 0 Å². The van der Waals surface area contributed by atoms with Crippen LogP contribution in [0.2, 0.25) is 0 Å². The van der Waals surface area contributed by atoms with Gasteiger partial charge in [0.2, 0.25) is 10.0 Å². The highest BCUT2D eigenvalue weighted by Gasteiger charge is 2.36. The van der Waals surface area contributed by atoms with E-state index in [0.29, 0.717) is 12.5 Å². The summed E-state index contributed by atoms with van der Waals surface area (Å²) in [5.74, 6) is 0.513. The molecule has 1 aromatic heterocycles. The highest BCUT2D eigenvalue weighted by molar-refractivity contribution is 7.89. The molecule has 1 N–H and O–H groups in total. The van der Waals surface area contributed by atoms with E-state index in [9.17, 15) is 8.42 Å². The van der Waals surface area contributed by atoms with E-state index in [0.717, 1.165) is 19.4 Å². The minimum Gasteiger partial charge on any atom is -0.318 e. The first-order valence-electron chi connectivity index (χ1n) is 6.62. The van der Waals surface area contributed by atoms with Crippen molar-refractivity contribution in [3.05, 3.63) is 12.4 Å². The molecule has 1 saturated carbocycles. The van der Waals surface area contributed by atoms with Crippen molar-refractivity contribution in [1.29, 1.82) is 0 Å². The van der Waals surface area contributed by atoms with Crippen molar-refractivity contribution in [1.82, 2.24) is 19.4 Å². The van der Waals surface area contributed by atoms with E-state index in [-0.39, 0.29) is 10.9 Å². The lowest BCUT2D eigenvalue weighted by Gasteiger charge is -2.23. The fourth-order valence-corrected chi connectivity index (χ4v) is 3.46. The van der Waals surface area contributed by atoms with Crippen molar-refractivity contribution in [3.8, 4) is 0 Å². The Bertz CT molecular complexity index is 522. The molecule has 1 aromatic rings. The maximum atomic E-state index is 12.4. The molecule has 1 aliphatic rings. The van der Waals surface area contributed by atoms with Crippen LogP contribution in [0.3, 0.4) is 0 Å². The van der Waals surface area contributed by atoms with Gasteiger partial charge in [0, 0.05) is 25.8 Å². The molecule has 0 aliphatic heterocycles. The second kappa shape index (κ2) is 5.60. The van der Waals surface area contributed by atoms with Gasteiger partial charge in [0.1, 0.15) is 4.90 Å². The van der Waals surface area contributed by atoms with Crippen LogP contribution in [0.5, 0.6) is 0 Å². The summed E-state index contributed by atoms with van der Waals surface area (Å²) < 4.78 is 28.0. The summed E-state index contributed by atoms with van der Waals surface area (Å²) in [5, 5.41) is 7.10. The summed E-state index contributed by atoms with van der Waals surface area (Å²) in [7, 11) is 0.0916. The van der Waals surface area contributed by atoms with Gasteiger partial charge in [0.05, 0.1) is 12.7 Å². The number of hydrogen-bond acceptors (Lipinski definition) is 4. The van der Waals surface area contributed by atoms with Crippen LogP contribution in [0.25, 0.3) is 0 Å². The summed E-state index contributed by atoms with van der Waals surface area (Å²) in [6, 6.07) is 0.0608. The zero-order chi connectivity index (χ0) is 14.0. The third-order valence-electron chi connectivity index (χ3n) is 3.76. The highest BCUT2D eigenvalue weighted by atomic mass is 32.2. The lowest BCUT2D eigenvalue weighted by molar-refractivity contribution is 0.357. The second-order valence-corrected chi connectivity index (χ2v) is 7.14. The van der Waals surface area contributed by atoms with Gasteiger partial charge in [0.15, 0.2) is 0 Å².